The molecular weight excluding hydrogens is 276 g/mol. The summed E-state index contributed by atoms with van der Waals surface area (Å²) in [5.41, 5.74) is 1.49. The van der Waals surface area contributed by atoms with Gasteiger partial charge in [-0.3, -0.25) is 4.79 Å². The molecule has 2 aromatic carbocycles. The van der Waals surface area contributed by atoms with Crippen molar-refractivity contribution in [3.8, 4) is 11.5 Å². The van der Waals surface area contributed by atoms with E-state index >= 15 is 0 Å². The Labute approximate surface area is 121 Å². The minimum absolute atomic E-state index is 0.0850. The molecule has 0 amide bonds. The molecule has 20 heavy (non-hydrogen) atoms. The number of rotatable bonds is 3. The first-order valence-corrected chi connectivity index (χ1v) is 6.48. The molecule has 0 saturated carbocycles. The zero-order valence-electron chi connectivity index (χ0n) is 10.5. The largest absolute Gasteiger partial charge is 0.454 e. The third-order valence-corrected chi connectivity index (χ3v) is 3.21. The van der Waals surface area contributed by atoms with Crippen LogP contribution in [0.1, 0.15) is 15.9 Å². The monoisotopic (exact) mass is 286 g/mol. The lowest BCUT2D eigenvalue weighted by molar-refractivity contribution is 0.104. The Hall–Kier alpha value is -2.26. The highest BCUT2D eigenvalue weighted by atomic mass is 35.5. The van der Waals surface area contributed by atoms with Gasteiger partial charge in [0.25, 0.3) is 0 Å². The molecule has 0 aliphatic carbocycles. The van der Waals surface area contributed by atoms with Crippen molar-refractivity contribution in [2.45, 2.75) is 0 Å². The van der Waals surface area contributed by atoms with Crippen molar-refractivity contribution in [2.24, 2.45) is 0 Å². The van der Waals surface area contributed by atoms with Gasteiger partial charge in [0.2, 0.25) is 6.79 Å². The van der Waals surface area contributed by atoms with Crippen LogP contribution in [0.3, 0.4) is 0 Å². The molecular formula is C16H11ClO3. The SMILES string of the molecule is O=C(/C=C/c1ccc(Cl)cc1)c1ccc2c(c1)OCO2. The van der Waals surface area contributed by atoms with Gasteiger partial charge in [-0.25, -0.2) is 0 Å². The van der Waals surface area contributed by atoms with Crippen LogP contribution in [0.5, 0.6) is 11.5 Å². The van der Waals surface area contributed by atoms with Crippen LogP contribution in [0.25, 0.3) is 6.08 Å². The van der Waals surface area contributed by atoms with E-state index in [1.165, 1.54) is 6.08 Å². The van der Waals surface area contributed by atoms with Gasteiger partial charge in [-0.2, -0.15) is 0 Å². The fourth-order valence-corrected chi connectivity index (χ4v) is 2.02. The third kappa shape index (κ3) is 2.68. The van der Waals surface area contributed by atoms with Crippen molar-refractivity contribution in [3.05, 3.63) is 64.7 Å². The molecule has 2 aromatic rings. The van der Waals surface area contributed by atoms with Crippen LogP contribution in [0.2, 0.25) is 5.02 Å². The summed E-state index contributed by atoms with van der Waals surface area (Å²) in [6.45, 7) is 0.202. The number of hydrogen-bond acceptors (Lipinski definition) is 3. The van der Waals surface area contributed by atoms with E-state index in [1.807, 2.05) is 12.1 Å². The standard InChI is InChI=1S/C16H11ClO3/c17-13-5-1-11(2-6-13)3-7-14(18)12-4-8-15-16(9-12)20-10-19-15/h1-9H,10H2/b7-3+. The maximum absolute atomic E-state index is 12.1. The summed E-state index contributed by atoms with van der Waals surface area (Å²) < 4.78 is 10.5. The lowest BCUT2D eigenvalue weighted by Gasteiger charge is -1.99. The molecule has 3 rings (SSSR count). The van der Waals surface area contributed by atoms with E-state index in [4.69, 9.17) is 21.1 Å². The second kappa shape index (κ2) is 5.39. The van der Waals surface area contributed by atoms with Gasteiger partial charge >= 0.3 is 0 Å². The summed E-state index contributed by atoms with van der Waals surface area (Å²) in [5.74, 6) is 1.19. The van der Waals surface area contributed by atoms with E-state index in [-0.39, 0.29) is 12.6 Å². The topological polar surface area (TPSA) is 35.5 Å². The Morgan fingerprint density at radius 2 is 1.80 bits per heavy atom. The first-order chi connectivity index (χ1) is 9.72. The van der Waals surface area contributed by atoms with E-state index in [2.05, 4.69) is 0 Å². The van der Waals surface area contributed by atoms with Gasteiger partial charge in [0.1, 0.15) is 0 Å². The minimum Gasteiger partial charge on any atom is -0.454 e. The van der Waals surface area contributed by atoms with Crippen LogP contribution in [-0.4, -0.2) is 12.6 Å². The molecule has 4 heteroatoms. The highest BCUT2D eigenvalue weighted by Gasteiger charge is 2.14. The number of fused-ring (bicyclic) bond motifs is 1. The van der Waals surface area contributed by atoms with Crippen LogP contribution in [0.4, 0.5) is 0 Å². The number of carbonyl (C=O) groups is 1. The molecule has 1 heterocycles. The lowest BCUT2D eigenvalue weighted by Crippen LogP contribution is -1.94. The summed E-state index contributed by atoms with van der Waals surface area (Å²) in [5, 5.41) is 0.671. The summed E-state index contributed by atoms with van der Waals surface area (Å²) in [4.78, 5) is 12.1. The van der Waals surface area contributed by atoms with E-state index < -0.39 is 0 Å². The lowest BCUT2D eigenvalue weighted by atomic mass is 10.1. The van der Waals surface area contributed by atoms with E-state index in [0.29, 0.717) is 22.1 Å². The van der Waals surface area contributed by atoms with Gasteiger partial charge < -0.3 is 9.47 Å². The van der Waals surface area contributed by atoms with Crippen LogP contribution < -0.4 is 9.47 Å². The Morgan fingerprint density at radius 1 is 1.05 bits per heavy atom. The van der Waals surface area contributed by atoms with Crippen LogP contribution in [0.15, 0.2) is 48.5 Å². The summed E-state index contributed by atoms with van der Waals surface area (Å²) in [6, 6.07) is 12.4. The highest BCUT2D eigenvalue weighted by molar-refractivity contribution is 6.30. The maximum Gasteiger partial charge on any atom is 0.231 e. The van der Waals surface area contributed by atoms with Crippen molar-refractivity contribution < 1.29 is 14.3 Å². The van der Waals surface area contributed by atoms with E-state index in [1.54, 1.807) is 36.4 Å². The van der Waals surface area contributed by atoms with Gasteiger partial charge in [-0.1, -0.05) is 29.8 Å². The zero-order chi connectivity index (χ0) is 13.9. The van der Waals surface area contributed by atoms with Crippen LogP contribution >= 0.6 is 11.6 Å². The van der Waals surface area contributed by atoms with Crippen molar-refractivity contribution in [3.63, 3.8) is 0 Å². The molecule has 0 unspecified atom stereocenters. The van der Waals surface area contributed by atoms with Crippen molar-refractivity contribution in [1.29, 1.82) is 0 Å². The second-order valence-corrected chi connectivity index (χ2v) is 4.75. The number of hydrogen-bond donors (Lipinski definition) is 0. The van der Waals surface area contributed by atoms with E-state index in [0.717, 1.165) is 5.56 Å². The first kappa shape index (κ1) is 12.8. The van der Waals surface area contributed by atoms with E-state index in [9.17, 15) is 4.79 Å². The van der Waals surface area contributed by atoms with Crippen LogP contribution in [-0.2, 0) is 0 Å². The number of ketones is 1. The van der Waals surface area contributed by atoms with Gasteiger partial charge in [0.05, 0.1) is 0 Å². The second-order valence-electron chi connectivity index (χ2n) is 4.32. The highest BCUT2D eigenvalue weighted by Crippen LogP contribution is 2.32. The summed E-state index contributed by atoms with van der Waals surface area (Å²) in [6.07, 6.45) is 3.28. The zero-order valence-corrected chi connectivity index (χ0v) is 11.3. The number of carbonyl (C=O) groups excluding carboxylic acids is 1. The van der Waals surface area contributed by atoms with Gasteiger partial charge in [-0.15, -0.1) is 0 Å². The molecule has 0 saturated heterocycles. The average Bonchev–Trinajstić information content (AvgIpc) is 2.93. The molecule has 0 radical (unpaired) electrons. The predicted octanol–water partition coefficient (Wildman–Crippen LogP) is 3.96. The molecule has 0 atom stereocenters. The molecule has 0 spiro atoms. The molecule has 3 nitrogen and oxygen atoms in total. The molecule has 0 aromatic heterocycles. The Morgan fingerprint density at radius 3 is 2.60 bits per heavy atom. The van der Waals surface area contributed by atoms with Crippen molar-refractivity contribution in [2.75, 3.05) is 6.79 Å². The molecule has 0 N–H and O–H groups in total. The molecule has 100 valence electrons. The number of halogens is 1. The quantitative estimate of drug-likeness (QED) is 0.633. The first-order valence-electron chi connectivity index (χ1n) is 6.10. The number of ether oxygens (including phenoxy) is 2. The van der Waals surface area contributed by atoms with Crippen molar-refractivity contribution in [1.82, 2.24) is 0 Å². The maximum atomic E-state index is 12.1. The fourth-order valence-electron chi connectivity index (χ4n) is 1.89. The summed E-state index contributed by atoms with van der Waals surface area (Å²) in [7, 11) is 0. The minimum atomic E-state index is -0.0850. The van der Waals surface area contributed by atoms with Crippen LogP contribution in [0, 0.1) is 0 Å². The smallest absolute Gasteiger partial charge is 0.231 e. The fraction of sp³-hybridized carbons (Fsp3) is 0.0625. The third-order valence-electron chi connectivity index (χ3n) is 2.95. The molecule has 1 aliphatic heterocycles. The Kier molecular flexibility index (Phi) is 3.44. The average molecular weight is 287 g/mol. The molecule has 0 fully saturated rings. The Balaban J connectivity index is 1.77. The molecule has 0 bridgehead atoms. The normalized spacial score (nSPS) is 12.8. The number of benzene rings is 2. The molecule has 1 aliphatic rings. The predicted molar refractivity (Wildman–Crippen MR) is 77.4 cm³/mol. The summed E-state index contributed by atoms with van der Waals surface area (Å²) >= 11 is 5.81. The van der Waals surface area contributed by atoms with Crippen molar-refractivity contribution >= 4 is 23.5 Å². The van der Waals surface area contributed by atoms with Gasteiger partial charge in [0, 0.05) is 10.6 Å². The number of allylic oxidation sites excluding steroid dienone is 1. The van der Waals surface area contributed by atoms with Gasteiger partial charge in [-0.05, 0) is 42.0 Å². The van der Waals surface area contributed by atoms with Gasteiger partial charge in [0.15, 0.2) is 17.3 Å². The Bertz CT molecular complexity index is 675.